The Bertz CT molecular complexity index is 420. The fraction of sp³-hybridized carbons (Fsp3) is 0.583. The normalized spacial score (nSPS) is 10.4. The molecule has 0 aliphatic carbocycles. The summed E-state index contributed by atoms with van der Waals surface area (Å²) >= 11 is 0. The molecule has 0 aromatic carbocycles. The van der Waals surface area contributed by atoms with Crippen molar-refractivity contribution < 1.29 is 19.2 Å². The SMILES string of the molecule is Cc1noc(C)c1CN(C)C(=O)CCCC(=O)O. The fourth-order valence-corrected chi connectivity index (χ4v) is 1.63. The third kappa shape index (κ3) is 3.87. The molecule has 1 N–H and O–H groups in total. The number of hydrogen-bond acceptors (Lipinski definition) is 4. The van der Waals surface area contributed by atoms with Crippen LogP contribution in [-0.2, 0) is 16.1 Å². The zero-order valence-corrected chi connectivity index (χ0v) is 10.9. The molecule has 1 heterocycles. The molecule has 1 amide bonds. The van der Waals surface area contributed by atoms with Crippen LogP contribution in [0.1, 0.15) is 36.3 Å². The molecule has 0 spiro atoms. The average Bonchev–Trinajstić information content (AvgIpc) is 2.60. The number of aliphatic carboxylic acids is 1. The third-order valence-electron chi connectivity index (χ3n) is 2.78. The number of aryl methyl sites for hydroxylation is 2. The van der Waals surface area contributed by atoms with Gasteiger partial charge in [-0.2, -0.15) is 0 Å². The van der Waals surface area contributed by atoms with Crippen LogP contribution in [0.4, 0.5) is 0 Å². The van der Waals surface area contributed by atoms with Crippen molar-refractivity contribution in [1.29, 1.82) is 0 Å². The first-order chi connectivity index (χ1) is 8.41. The van der Waals surface area contributed by atoms with Crippen molar-refractivity contribution in [3.05, 3.63) is 17.0 Å². The molecule has 1 aromatic heterocycles. The highest BCUT2D eigenvalue weighted by Crippen LogP contribution is 2.15. The van der Waals surface area contributed by atoms with Gasteiger partial charge in [-0.3, -0.25) is 9.59 Å². The Morgan fingerprint density at radius 2 is 2.00 bits per heavy atom. The highest BCUT2D eigenvalue weighted by Gasteiger charge is 2.15. The second-order valence-electron chi connectivity index (χ2n) is 4.30. The number of carbonyl (C=O) groups excluding carboxylic acids is 1. The van der Waals surface area contributed by atoms with E-state index in [9.17, 15) is 9.59 Å². The van der Waals surface area contributed by atoms with Crippen LogP contribution in [0.3, 0.4) is 0 Å². The minimum absolute atomic E-state index is 0.0188. The van der Waals surface area contributed by atoms with Gasteiger partial charge in [0.1, 0.15) is 5.76 Å². The third-order valence-corrected chi connectivity index (χ3v) is 2.78. The van der Waals surface area contributed by atoms with E-state index in [1.54, 1.807) is 18.9 Å². The molecule has 1 aromatic rings. The number of carboxylic acid groups (broad SMARTS) is 1. The molecule has 0 aliphatic heterocycles. The maximum absolute atomic E-state index is 11.8. The summed E-state index contributed by atoms with van der Waals surface area (Å²) in [6, 6.07) is 0. The molecule has 0 unspecified atom stereocenters. The predicted octanol–water partition coefficient (Wildman–Crippen LogP) is 1.50. The second-order valence-corrected chi connectivity index (χ2v) is 4.30. The summed E-state index contributed by atoms with van der Waals surface area (Å²) < 4.78 is 5.02. The second kappa shape index (κ2) is 6.18. The molecular weight excluding hydrogens is 236 g/mol. The molecule has 6 heteroatoms. The van der Waals surface area contributed by atoms with E-state index in [2.05, 4.69) is 5.16 Å². The lowest BCUT2D eigenvalue weighted by Gasteiger charge is -2.16. The lowest BCUT2D eigenvalue weighted by Crippen LogP contribution is -2.26. The Morgan fingerprint density at radius 1 is 1.33 bits per heavy atom. The summed E-state index contributed by atoms with van der Waals surface area (Å²) in [5, 5.41) is 12.3. The van der Waals surface area contributed by atoms with Crippen LogP contribution >= 0.6 is 0 Å². The van der Waals surface area contributed by atoms with E-state index >= 15 is 0 Å². The molecule has 0 radical (unpaired) electrons. The molecule has 100 valence electrons. The summed E-state index contributed by atoms with van der Waals surface area (Å²) in [7, 11) is 1.69. The Kier molecular flexibility index (Phi) is 4.88. The fourth-order valence-electron chi connectivity index (χ4n) is 1.63. The van der Waals surface area contributed by atoms with Gasteiger partial charge in [-0.05, 0) is 20.3 Å². The lowest BCUT2D eigenvalue weighted by atomic mass is 10.1. The van der Waals surface area contributed by atoms with Gasteiger partial charge >= 0.3 is 5.97 Å². The van der Waals surface area contributed by atoms with E-state index in [4.69, 9.17) is 9.63 Å². The minimum Gasteiger partial charge on any atom is -0.481 e. The summed E-state index contributed by atoms with van der Waals surface area (Å²) in [5.41, 5.74) is 1.68. The van der Waals surface area contributed by atoms with Gasteiger partial charge in [-0.1, -0.05) is 5.16 Å². The molecule has 1 rings (SSSR count). The van der Waals surface area contributed by atoms with Crippen LogP contribution in [0.25, 0.3) is 0 Å². The average molecular weight is 254 g/mol. The lowest BCUT2D eigenvalue weighted by molar-refractivity contribution is -0.137. The van der Waals surface area contributed by atoms with Gasteiger partial charge in [0.25, 0.3) is 0 Å². The van der Waals surface area contributed by atoms with E-state index in [0.717, 1.165) is 11.3 Å². The topological polar surface area (TPSA) is 83.6 Å². The van der Waals surface area contributed by atoms with E-state index in [1.807, 2.05) is 6.92 Å². The van der Waals surface area contributed by atoms with Crippen molar-refractivity contribution in [2.75, 3.05) is 7.05 Å². The van der Waals surface area contributed by atoms with Crippen molar-refractivity contribution in [1.82, 2.24) is 10.1 Å². The maximum atomic E-state index is 11.8. The predicted molar refractivity (Wildman–Crippen MR) is 63.9 cm³/mol. The number of nitrogens with zero attached hydrogens (tertiary/aromatic N) is 2. The van der Waals surface area contributed by atoms with E-state index < -0.39 is 5.97 Å². The molecule has 6 nitrogen and oxygen atoms in total. The first kappa shape index (κ1) is 14.2. The van der Waals surface area contributed by atoms with Crippen LogP contribution in [0.2, 0.25) is 0 Å². The highest BCUT2D eigenvalue weighted by atomic mass is 16.5. The van der Waals surface area contributed by atoms with Crippen molar-refractivity contribution in [3.8, 4) is 0 Å². The smallest absolute Gasteiger partial charge is 0.303 e. The molecule has 0 fully saturated rings. The molecule has 0 saturated carbocycles. The van der Waals surface area contributed by atoms with Crippen molar-refractivity contribution in [3.63, 3.8) is 0 Å². The zero-order valence-electron chi connectivity index (χ0n) is 10.9. The van der Waals surface area contributed by atoms with Crippen LogP contribution in [0.15, 0.2) is 4.52 Å². The Hall–Kier alpha value is -1.85. The Morgan fingerprint density at radius 3 is 2.50 bits per heavy atom. The number of amides is 1. The summed E-state index contributed by atoms with van der Waals surface area (Å²) in [5.74, 6) is -0.245. The van der Waals surface area contributed by atoms with Crippen LogP contribution in [0, 0.1) is 13.8 Å². The monoisotopic (exact) mass is 254 g/mol. The number of rotatable bonds is 6. The standard InChI is InChI=1S/C12H18N2O4/c1-8-10(9(2)18-13-8)7-14(3)11(15)5-4-6-12(16)17/h4-7H2,1-3H3,(H,16,17). The Labute approximate surface area is 106 Å². The number of hydrogen-bond donors (Lipinski definition) is 1. The Balaban J connectivity index is 2.47. The number of carbonyl (C=O) groups is 2. The van der Waals surface area contributed by atoms with E-state index in [-0.39, 0.29) is 18.7 Å². The van der Waals surface area contributed by atoms with Crippen molar-refractivity contribution >= 4 is 11.9 Å². The highest BCUT2D eigenvalue weighted by molar-refractivity contribution is 5.76. The summed E-state index contributed by atoms with van der Waals surface area (Å²) in [4.78, 5) is 23.7. The van der Waals surface area contributed by atoms with E-state index in [1.165, 1.54) is 0 Å². The quantitative estimate of drug-likeness (QED) is 0.831. The molecule has 0 saturated heterocycles. The van der Waals surface area contributed by atoms with Gasteiger partial charge in [-0.25, -0.2) is 0 Å². The van der Waals surface area contributed by atoms with Gasteiger partial charge in [-0.15, -0.1) is 0 Å². The van der Waals surface area contributed by atoms with Gasteiger partial charge in [0.15, 0.2) is 0 Å². The molecular formula is C12H18N2O4. The van der Waals surface area contributed by atoms with Gasteiger partial charge in [0.05, 0.1) is 12.2 Å². The first-order valence-electron chi connectivity index (χ1n) is 5.79. The van der Waals surface area contributed by atoms with Gasteiger partial charge < -0.3 is 14.5 Å². The minimum atomic E-state index is -0.879. The first-order valence-corrected chi connectivity index (χ1v) is 5.79. The van der Waals surface area contributed by atoms with E-state index in [0.29, 0.717) is 18.7 Å². The van der Waals surface area contributed by atoms with Crippen molar-refractivity contribution in [2.24, 2.45) is 0 Å². The zero-order chi connectivity index (χ0) is 13.7. The van der Waals surface area contributed by atoms with Gasteiger partial charge in [0.2, 0.25) is 5.91 Å². The van der Waals surface area contributed by atoms with Crippen LogP contribution in [-0.4, -0.2) is 34.1 Å². The van der Waals surface area contributed by atoms with Crippen LogP contribution < -0.4 is 0 Å². The van der Waals surface area contributed by atoms with Gasteiger partial charge in [0, 0.05) is 25.5 Å². The molecule has 0 atom stereocenters. The largest absolute Gasteiger partial charge is 0.481 e. The number of carboxylic acids is 1. The summed E-state index contributed by atoms with van der Waals surface area (Å²) in [6.07, 6.45) is 0.622. The molecule has 18 heavy (non-hydrogen) atoms. The summed E-state index contributed by atoms with van der Waals surface area (Å²) in [6.45, 7) is 4.07. The van der Waals surface area contributed by atoms with Crippen molar-refractivity contribution in [2.45, 2.75) is 39.7 Å². The maximum Gasteiger partial charge on any atom is 0.303 e. The number of aromatic nitrogens is 1. The molecule has 0 bridgehead atoms. The molecule has 0 aliphatic rings. The van der Waals surface area contributed by atoms with Crippen LogP contribution in [0.5, 0.6) is 0 Å².